The molecule has 1 atom stereocenters. The summed E-state index contributed by atoms with van der Waals surface area (Å²) in [5.41, 5.74) is 1.02. The van der Waals surface area contributed by atoms with Crippen LogP contribution in [0.4, 0.5) is 0 Å². The van der Waals surface area contributed by atoms with E-state index in [2.05, 4.69) is 0 Å². The van der Waals surface area contributed by atoms with Crippen molar-refractivity contribution in [3.63, 3.8) is 0 Å². The lowest BCUT2D eigenvalue weighted by molar-refractivity contribution is -0.146. The van der Waals surface area contributed by atoms with Crippen LogP contribution >= 0.6 is 23.4 Å². The Morgan fingerprint density at radius 2 is 2.25 bits per heavy atom. The maximum absolute atomic E-state index is 11.0. The van der Waals surface area contributed by atoms with E-state index in [1.54, 1.807) is 0 Å². The van der Waals surface area contributed by atoms with Gasteiger partial charge in [0.25, 0.3) is 0 Å². The molecule has 84 valence electrons. The van der Waals surface area contributed by atoms with E-state index < -0.39 is 0 Å². The molecule has 1 aliphatic rings. The van der Waals surface area contributed by atoms with Crippen LogP contribution in [0.2, 0.25) is 0 Å². The predicted octanol–water partition coefficient (Wildman–Crippen LogP) is 3.87. The second-order valence-electron chi connectivity index (χ2n) is 3.48. The van der Waals surface area contributed by atoms with Crippen LogP contribution in [0.15, 0.2) is 39.6 Å². The normalized spacial score (nSPS) is 19.4. The standard InChI is InChI=1S/C12H11ClO2S/c1-8(14)15-10-6-7-12(13)16-11-5-3-2-4-9(10)11/h2-5,7,10H,6H2,1H3. The fraction of sp³-hybridized carbons (Fsp3) is 0.250. The molecule has 0 radical (unpaired) electrons. The summed E-state index contributed by atoms with van der Waals surface area (Å²) < 4.78 is 6.01. The molecule has 0 spiro atoms. The van der Waals surface area contributed by atoms with Crippen molar-refractivity contribution in [1.82, 2.24) is 0 Å². The first-order valence-corrected chi connectivity index (χ1v) is 6.16. The van der Waals surface area contributed by atoms with Crippen LogP contribution in [0, 0.1) is 0 Å². The second kappa shape index (κ2) is 4.93. The number of rotatable bonds is 1. The lowest BCUT2D eigenvalue weighted by atomic mass is 10.1. The zero-order chi connectivity index (χ0) is 11.5. The molecule has 1 unspecified atom stereocenters. The molecule has 2 nitrogen and oxygen atoms in total. The molecule has 0 fully saturated rings. The summed E-state index contributed by atoms with van der Waals surface area (Å²) >= 11 is 7.53. The number of hydrogen-bond acceptors (Lipinski definition) is 3. The fourth-order valence-corrected chi connectivity index (χ4v) is 2.82. The molecular formula is C12H11ClO2S. The molecular weight excluding hydrogens is 244 g/mol. The van der Waals surface area contributed by atoms with E-state index in [0.717, 1.165) is 14.8 Å². The van der Waals surface area contributed by atoms with Crippen molar-refractivity contribution in [2.75, 3.05) is 0 Å². The Labute approximate surface area is 104 Å². The molecule has 1 aliphatic heterocycles. The van der Waals surface area contributed by atoms with Gasteiger partial charge in [-0.05, 0) is 6.07 Å². The van der Waals surface area contributed by atoms with E-state index in [1.807, 2.05) is 30.3 Å². The van der Waals surface area contributed by atoms with Crippen LogP contribution in [0.5, 0.6) is 0 Å². The minimum absolute atomic E-state index is 0.225. The number of benzene rings is 1. The van der Waals surface area contributed by atoms with Gasteiger partial charge in [0, 0.05) is 23.8 Å². The largest absolute Gasteiger partial charge is 0.457 e. The molecule has 4 heteroatoms. The first-order chi connectivity index (χ1) is 7.66. The topological polar surface area (TPSA) is 26.3 Å². The number of ether oxygens (including phenoxy) is 1. The molecule has 0 aromatic heterocycles. The molecule has 2 rings (SSSR count). The molecule has 1 aromatic carbocycles. The summed E-state index contributed by atoms with van der Waals surface area (Å²) in [7, 11) is 0. The minimum atomic E-state index is -0.267. The summed E-state index contributed by atoms with van der Waals surface area (Å²) in [6, 6.07) is 7.85. The Balaban J connectivity index is 2.36. The van der Waals surface area contributed by atoms with Gasteiger partial charge in [-0.3, -0.25) is 4.79 Å². The zero-order valence-corrected chi connectivity index (χ0v) is 10.3. The van der Waals surface area contributed by atoms with E-state index in [0.29, 0.717) is 6.42 Å². The van der Waals surface area contributed by atoms with Gasteiger partial charge in [0.05, 0.1) is 4.36 Å². The number of thioether (sulfide) groups is 1. The van der Waals surface area contributed by atoms with Crippen molar-refractivity contribution in [2.24, 2.45) is 0 Å². The Morgan fingerprint density at radius 3 is 3.00 bits per heavy atom. The van der Waals surface area contributed by atoms with E-state index in [1.165, 1.54) is 18.7 Å². The first kappa shape index (κ1) is 11.6. The number of fused-ring (bicyclic) bond motifs is 1. The monoisotopic (exact) mass is 254 g/mol. The third-order valence-electron chi connectivity index (χ3n) is 2.27. The van der Waals surface area contributed by atoms with E-state index in [9.17, 15) is 4.79 Å². The summed E-state index contributed by atoms with van der Waals surface area (Å²) in [4.78, 5) is 12.1. The number of halogens is 1. The summed E-state index contributed by atoms with van der Waals surface area (Å²) in [5, 5.41) is 0. The number of carbonyl (C=O) groups excluding carboxylic acids is 1. The van der Waals surface area contributed by atoms with Gasteiger partial charge in [0.15, 0.2) is 0 Å². The maximum Gasteiger partial charge on any atom is 0.303 e. The molecule has 0 aliphatic carbocycles. The third-order valence-corrected chi connectivity index (χ3v) is 3.61. The molecule has 0 saturated heterocycles. The van der Waals surface area contributed by atoms with Gasteiger partial charge in [-0.25, -0.2) is 0 Å². The Hall–Kier alpha value is -0.930. The molecule has 1 heterocycles. The SMILES string of the molecule is CC(=O)OC1CC=C(Cl)Sc2ccccc21. The number of esters is 1. The lowest BCUT2D eigenvalue weighted by Gasteiger charge is -2.16. The highest BCUT2D eigenvalue weighted by molar-refractivity contribution is 8.04. The molecule has 0 saturated carbocycles. The van der Waals surface area contributed by atoms with Crippen molar-refractivity contribution in [2.45, 2.75) is 24.3 Å². The molecule has 16 heavy (non-hydrogen) atoms. The highest BCUT2D eigenvalue weighted by atomic mass is 35.5. The Morgan fingerprint density at radius 1 is 1.50 bits per heavy atom. The van der Waals surface area contributed by atoms with Crippen LogP contribution in [-0.2, 0) is 9.53 Å². The third kappa shape index (κ3) is 2.60. The molecule has 0 amide bonds. The lowest BCUT2D eigenvalue weighted by Crippen LogP contribution is -2.08. The van der Waals surface area contributed by atoms with Gasteiger partial charge in [-0.1, -0.05) is 47.6 Å². The molecule has 0 bridgehead atoms. The fourth-order valence-electron chi connectivity index (χ4n) is 1.62. The molecule has 1 aromatic rings. The average molecular weight is 255 g/mol. The Kier molecular flexibility index (Phi) is 3.56. The van der Waals surface area contributed by atoms with Crippen molar-refractivity contribution in [3.8, 4) is 0 Å². The van der Waals surface area contributed by atoms with Gasteiger partial charge in [-0.2, -0.15) is 0 Å². The van der Waals surface area contributed by atoms with Gasteiger partial charge < -0.3 is 4.74 Å². The second-order valence-corrected chi connectivity index (χ2v) is 5.20. The smallest absolute Gasteiger partial charge is 0.303 e. The van der Waals surface area contributed by atoms with Gasteiger partial charge >= 0.3 is 5.97 Å². The van der Waals surface area contributed by atoms with Crippen molar-refractivity contribution in [1.29, 1.82) is 0 Å². The summed E-state index contributed by atoms with van der Waals surface area (Å²) in [6.45, 7) is 1.42. The summed E-state index contributed by atoms with van der Waals surface area (Å²) in [5.74, 6) is -0.267. The van der Waals surface area contributed by atoms with Crippen LogP contribution in [0.3, 0.4) is 0 Å². The predicted molar refractivity (Wildman–Crippen MR) is 65.4 cm³/mol. The van der Waals surface area contributed by atoms with Gasteiger partial charge in [0.1, 0.15) is 6.10 Å². The van der Waals surface area contributed by atoms with E-state index >= 15 is 0 Å². The van der Waals surface area contributed by atoms with Crippen LogP contribution < -0.4 is 0 Å². The quantitative estimate of drug-likeness (QED) is 0.712. The van der Waals surface area contributed by atoms with Crippen molar-refractivity contribution >= 4 is 29.3 Å². The zero-order valence-electron chi connectivity index (χ0n) is 8.77. The van der Waals surface area contributed by atoms with Crippen molar-refractivity contribution in [3.05, 3.63) is 40.3 Å². The van der Waals surface area contributed by atoms with Gasteiger partial charge in [0.2, 0.25) is 0 Å². The van der Waals surface area contributed by atoms with Gasteiger partial charge in [-0.15, -0.1) is 0 Å². The van der Waals surface area contributed by atoms with Crippen LogP contribution in [-0.4, -0.2) is 5.97 Å². The van der Waals surface area contributed by atoms with E-state index in [-0.39, 0.29) is 12.1 Å². The van der Waals surface area contributed by atoms with E-state index in [4.69, 9.17) is 16.3 Å². The molecule has 0 N–H and O–H groups in total. The summed E-state index contributed by atoms with van der Waals surface area (Å²) in [6.07, 6.45) is 2.29. The number of carbonyl (C=O) groups is 1. The minimum Gasteiger partial charge on any atom is -0.457 e. The van der Waals surface area contributed by atoms with Crippen LogP contribution in [0.25, 0.3) is 0 Å². The highest BCUT2D eigenvalue weighted by Gasteiger charge is 2.20. The van der Waals surface area contributed by atoms with Crippen LogP contribution in [0.1, 0.15) is 25.0 Å². The highest BCUT2D eigenvalue weighted by Crippen LogP contribution is 2.40. The number of hydrogen-bond donors (Lipinski definition) is 0. The first-order valence-electron chi connectivity index (χ1n) is 4.96. The van der Waals surface area contributed by atoms with Crippen molar-refractivity contribution < 1.29 is 9.53 Å². The Bertz CT molecular complexity index is 442. The average Bonchev–Trinajstić information content (AvgIpc) is 2.38. The maximum atomic E-state index is 11.0.